The van der Waals surface area contributed by atoms with Crippen LogP contribution in [0.4, 0.5) is 0 Å². The Bertz CT molecular complexity index is 662. The summed E-state index contributed by atoms with van der Waals surface area (Å²) in [5.74, 6) is -0.160. The number of β-amino-alcohol motifs (C(OH)–C–C–N with tert-alkyl or cyclic N) is 1. The summed E-state index contributed by atoms with van der Waals surface area (Å²) in [5.41, 5.74) is 0.884. The number of hydrogen-bond donors (Lipinski definition) is 1. The van der Waals surface area contributed by atoms with Gasteiger partial charge in [0.15, 0.2) is 0 Å². The molecule has 0 spiro atoms. The van der Waals surface area contributed by atoms with Gasteiger partial charge < -0.3 is 14.6 Å². The van der Waals surface area contributed by atoms with Crippen molar-refractivity contribution in [3.05, 3.63) is 33.7 Å². The molecule has 6 heteroatoms. The monoisotopic (exact) mass is 333 g/mol. The Kier molecular flexibility index (Phi) is 5.06. The molecule has 2 fully saturated rings. The van der Waals surface area contributed by atoms with E-state index in [0.717, 1.165) is 44.5 Å². The van der Waals surface area contributed by atoms with Gasteiger partial charge in [0, 0.05) is 38.4 Å². The normalized spacial score (nSPS) is 23.5. The molecular weight excluding hydrogens is 306 g/mol. The number of hydrogen-bond acceptors (Lipinski definition) is 4. The molecule has 0 aliphatic carbocycles. The minimum absolute atomic E-state index is 0.160. The first-order chi connectivity index (χ1) is 11.5. The van der Waals surface area contributed by atoms with Gasteiger partial charge in [0.05, 0.1) is 6.10 Å². The molecule has 0 aromatic carbocycles. The summed E-state index contributed by atoms with van der Waals surface area (Å²) in [6.07, 6.45) is 3.54. The first-order valence-corrected chi connectivity index (χ1v) is 8.85. The molecular formula is C18H27N3O3. The molecule has 1 N–H and O–H groups in total. The van der Waals surface area contributed by atoms with E-state index in [1.54, 1.807) is 18.0 Å². The number of nitrogens with zero attached hydrogens (tertiary/aromatic N) is 3. The maximum Gasteiger partial charge on any atom is 0.263 e. The Morgan fingerprint density at radius 3 is 2.54 bits per heavy atom. The van der Waals surface area contributed by atoms with E-state index in [1.165, 1.54) is 4.57 Å². The topological polar surface area (TPSA) is 65.8 Å². The van der Waals surface area contributed by atoms with Crippen molar-refractivity contribution in [2.24, 2.45) is 7.05 Å². The molecule has 0 saturated carbocycles. The van der Waals surface area contributed by atoms with Crippen LogP contribution in [0.1, 0.15) is 41.7 Å². The summed E-state index contributed by atoms with van der Waals surface area (Å²) in [5, 5.41) is 9.83. The Morgan fingerprint density at radius 1 is 1.17 bits per heavy atom. The Labute approximate surface area is 142 Å². The molecule has 2 saturated heterocycles. The highest BCUT2D eigenvalue weighted by Gasteiger charge is 2.30. The van der Waals surface area contributed by atoms with Crippen molar-refractivity contribution in [2.75, 3.05) is 26.2 Å². The molecule has 1 atom stereocenters. The van der Waals surface area contributed by atoms with Crippen molar-refractivity contribution in [1.29, 1.82) is 0 Å². The second-order valence-electron chi connectivity index (χ2n) is 7.07. The van der Waals surface area contributed by atoms with E-state index in [9.17, 15) is 14.7 Å². The molecule has 2 aliphatic heterocycles. The molecule has 6 nitrogen and oxygen atoms in total. The predicted molar refractivity (Wildman–Crippen MR) is 92.2 cm³/mol. The lowest BCUT2D eigenvalue weighted by molar-refractivity contribution is 0.0240. The number of carbonyl (C=O) groups is 1. The summed E-state index contributed by atoms with van der Waals surface area (Å²) < 4.78 is 1.52. The molecule has 24 heavy (non-hydrogen) atoms. The van der Waals surface area contributed by atoms with Gasteiger partial charge in [-0.15, -0.1) is 0 Å². The van der Waals surface area contributed by atoms with E-state index in [-0.39, 0.29) is 23.1 Å². The van der Waals surface area contributed by atoms with Gasteiger partial charge >= 0.3 is 0 Å². The number of piperidine rings is 2. The number of aryl methyl sites for hydroxylation is 1. The second-order valence-corrected chi connectivity index (χ2v) is 7.07. The van der Waals surface area contributed by atoms with Gasteiger partial charge in [-0.2, -0.15) is 0 Å². The first kappa shape index (κ1) is 17.2. The van der Waals surface area contributed by atoms with E-state index in [1.807, 2.05) is 13.0 Å². The Morgan fingerprint density at radius 2 is 1.88 bits per heavy atom. The van der Waals surface area contributed by atoms with Gasteiger partial charge in [0.25, 0.3) is 11.5 Å². The van der Waals surface area contributed by atoms with Crippen LogP contribution < -0.4 is 5.56 Å². The number of aliphatic hydroxyl groups excluding tert-OH is 1. The lowest BCUT2D eigenvalue weighted by Gasteiger charge is -2.41. The smallest absolute Gasteiger partial charge is 0.263 e. The zero-order valence-electron chi connectivity index (χ0n) is 14.6. The zero-order valence-corrected chi connectivity index (χ0v) is 14.6. The maximum atomic E-state index is 12.7. The third-order valence-electron chi connectivity index (χ3n) is 5.48. The number of aliphatic hydroxyl groups is 1. The van der Waals surface area contributed by atoms with E-state index in [0.29, 0.717) is 19.1 Å². The highest BCUT2D eigenvalue weighted by molar-refractivity contribution is 5.93. The number of aromatic nitrogens is 1. The van der Waals surface area contributed by atoms with Crippen LogP contribution in [0, 0.1) is 6.92 Å². The van der Waals surface area contributed by atoms with Gasteiger partial charge in [0.1, 0.15) is 5.56 Å². The van der Waals surface area contributed by atoms with Gasteiger partial charge in [-0.1, -0.05) is 0 Å². The highest BCUT2D eigenvalue weighted by Crippen LogP contribution is 2.21. The Hall–Kier alpha value is -1.66. The summed E-state index contributed by atoms with van der Waals surface area (Å²) in [4.78, 5) is 29.1. The molecule has 0 bridgehead atoms. The molecule has 1 amide bonds. The van der Waals surface area contributed by atoms with E-state index >= 15 is 0 Å². The number of amides is 1. The minimum atomic E-state index is -0.221. The molecule has 132 valence electrons. The van der Waals surface area contributed by atoms with Gasteiger partial charge in [-0.05, 0) is 51.3 Å². The van der Waals surface area contributed by atoms with Gasteiger partial charge in [-0.25, -0.2) is 0 Å². The number of rotatable bonds is 2. The molecule has 1 aromatic heterocycles. The minimum Gasteiger partial charge on any atom is -0.392 e. The number of pyridine rings is 1. The summed E-state index contributed by atoms with van der Waals surface area (Å²) >= 11 is 0. The van der Waals surface area contributed by atoms with Crippen molar-refractivity contribution < 1.29 is 9.90 Å². The third-order valence-corrected chi connectivity index (χ3v) is 5.48. The van der Waals surface area contributed by atoms with Crippen molar-refractivity contribution >= 4 is 5.91 Å². The van der Waals surface area contributed by atoms with Crippen LogP contribution in [0.3, 0.4) is 0 Å². The molecule has 1 aromatic rings. The predicted octanol–water partition coefficient (Wildman–Crippen LogP) is 0.755. The first-order valence-electron chi connectivity index (χ1n) is 8.85. The van der Waals surface area contributed by atoms with E-state index < -0.39 is 0 Å². The average molecular weight is 333 g/mol. The van der Waals surface area contributed by atoms with Gasteiger partial charge in [0.2, 0.25) is 0 Å². The summed E-state index contributed by atoms with van der Waals surface area (Å²) in [7, 11) is 1.70. The van der Waals surface area contributed by atoms with Crippen molar-refractivity contribution in [1.82, 2.24) is 14.4 Å². The van der Waals surface area contributed by atoms with E-state index in [2.05, 4.69) is 4.90 Å². The molecule has 3 rings (SSSR count). The van der Waals surface area contributed by atoms with Crippen molar-refractivity contribution in [3.63, 3.8) is 0 Å². The second kappa shape index (κ2) is 7.07. The fourth-order valence-electron chi connectivity index (χ4n) is 3.81. The van der Waals surface area contributed by atoms with Crippen LogP contribution >= 0.6 is 0 Å². The van der Waals surface area contributed by atoms with Crippen LogP contribution in [-0.4, -0.2) is 63.7 Å². The van der Waals surface area contributed by atoms with Crippen molar-refractivity contribution in [3.8, 4) is 0 Å². The zero-order chi connectivity index (χ0) is 17.3. The molecule has 0 unspecified atom stereocenters. The van der Waals surface area contributed by atoms with Crippen LogP contribution in [0.25, 0.3) is 0 Å². The van der Waals surface area contributed by atoms with Gasteiger partial charge in [-0.3, -0.25) is 14.5 Å². The Balaban J connectivity index is 1.63. The quantitative estimate of drug-likeness (QED) is 0.868. The fourth-order valence-corrected chi connectivity index (χ4v) is 3.81. The fraction of sp³-hybridized carbons (Fsp3) is 0.667. The highest BCUT2D eigenvalue weighted by atomic mass is 16.3. The van der Waals surface area contributed by atoms with Crippen LogP contribution in [0.2, 0.25) is 0 Å². The number of likely N-dealkylation sites (tertiary alicyclic amines) is 2. The van der Waals surface area contributed by atoms with Crippen LogP contribution in [-0.2, 0) is 7.05 Å². The molecule has 0 radical (unpaired) electrons. The lowest BCUT2D eigenvalue weighted by Crippen LogP contribution is -2.51. The SMILES string of the molecule is Cc1ccc(C(=O)N2CCC(N3CCC[C@H](O)C3)CC2)c(=O)n1C. The maximum absolute atomic E-state index is 12.7. The van der Waals surface area contributed by atoms with E-state index in [4.69, 9.17) is 0 Å². The lowest BCUT2D eigenvalue weighted by atomic mass is 9.98. The summed E-state index contributed by atoms with van der Waals surface area (Å²) in [6.45, 7) is 4.99. The molecule has 3 heterocycles. The molecule has 2 aliphatic rings. The standard InChI is InChI=1S/C18H27N3O3/c1-13-5-6-16(17(23)19(13)2)18(24)20-10-7-14(8-11-20)21-9-3-4-15(22)12-21/h5-6,14-15,22H,3-4,7-12H2,1-2H3/t15-/m0/s1. The largest absolute Gasteiger partial charge is 0.392 e. The van der Waals surface area contributed by atoms with Crippen LogP contribution in [0.15, 0.2) is 16.9 Å². The summed E-state index contributed by atoms with van der Waals surface area (Å²) in [6, 6.07) is 3.90. The average Bonchev–Trinajstić information content (AvgIpc) is 2.59. The number of carbonyl (C=O) groups excluding carboxylic acids is 1. The van der Waals surface area contributed by atoms with Crippen LogP contribution in [0.5, 0.6) is 0 Å². The van der Waals surface area contributed by atoms with Crippen molar-refractivity contribution in [2.45, 2.75) is 44.8 Å². The third kappa shape index (κ3) is 3.39.